The highest BCUT2D eigenvalue weighted by Crippen LogP contribution is 2.28. The summed E-state index contributed by atoms with van der Waals surface area (Å²) in [4.78, 5) is 32.6. The summed E-state index contributed by atoms with van der Waals surface area (Å²) in [6.07, 6.45) is -2.08. The molecule has 0 aromatic carbocycles. The van der Waals surface area contributed by atoms with E-state index in [1.54, 1.807) is 4.90 Å². The van der Waals surface area contributed by atoms with E-state index in [1.807, 2.05) is 20.8 Å². The Morgan fingerprint density at radius 3 is 2.48 bits per heavy atom. The van der Waals surface area contributed by atoms with E-state index in [1.165, 1.54) is 0 Å². The van der Waals surface area contributed by atoms with Crippen LogP contribution in [0.25, 0.3) is 0 Å². The van der Waals surface area contributed by atoms with Crippen molar-refractivity contribution in [1.82, 2.24) is 14.9 Å². The molecule has 1 aliphatic rings. The largest absolute Gasteiger partial charge is 0.451 e. The Balaban J connectivity index is 1.92. The van der Waals surface area contributed by atoms with Crippen molar-refractivity contribution in [1.29, 1.82) is 0 Å². The van der Waals surface area contributed by atoms with Crippen molar-refractivity contribution in [2.45, 2.75) is 59.2 Å². The average molecular weight is 357 g/mol. The van der Waals surface area contributed by atoms with E-state index in [9.17, 15) is 22.8 Å². The number of hydrogen-bond donors (Lipinski definition) is 0. The van der Waals surface area contributed by atoms with Gasteiger partial charge in [-0.05, 0) is 6.42 Å². The van der Waals surface area contributed by atoms with Gasteiger partial charge in [0.05, 0.1) is 5.69 Å². The second kappa shape index (κ2) is 7.09. The van der Waals surface area contributed by atoms with Crippen LogP contribution in [-0.4, -0.2) is 33.1 Å². The van der Waals surface area contributed by atoms with Crippen LogP contribution in [0.3, 0.4) is 0 Å². The molecule has 1 aromatic rings. The molecule has 0 radical (unpaired) electrons. The van der Waals surface area contributed by atoms with Gasteiger partial charge >= 0.3 is 6.18 Å². The number of nitrogens with zero attached hydrogens (tertiary/aromatic N) is 3. The normalized spacial score (nSPS) is 15.0. The fraction of sp³-hybridized carbons (Fsp3) is 0.647. The second-order valence-electron chi connectivity index (χ2n) is 7.26. The van der Waals surface area contributed by atoms with Gasteiger partial charge in [0.1, 0.15) is 5.78 Å². The maximum absolute atomic E-state index is 12.6. The topological polar surface area (TPSA) is 63.2 Å². The molecule has 2 rings (SSSR count). The van der Waals surface area contributed by atoms with Gasteiger partial charge in [0.2, 0.25) is 11.7 Å². The minimum atomic E-state index is -4.57. The van der Waals surface area contributed by atoms with Crippen LogP contribution < -0.4 is 0 Å². The van der Waals surface area contributed by atoms with Gasteiger partial charge in [-0.25, -0.2) is 9.97 Å². The second-order valence-corrected chi connectivity index (χ2v) is 7.26. The predicted molar refractivity (Wildman–Crippen MR) is 84.5 cm³/mol. The molecule has 25 heavy (non-hydrogen) atoms. The third-order valence-electron chi connectivity index (χ3n) is 4.17. The van der Waals surface area contributed by atoms with Crippen LogP contribution in [0.1, 0.15) is 57.1 Å². The lowest BCUT2D eigenvalue weighted by Crippen LogP contribution is -2.36. The minimum Gasteiger partial charge on any atom is -0.338 e. The van der Waals surface area contributed by atoms with Crippen LogP contribution in [0.15, 0.2) is 6.20 Å². The molecule has 0 N–H and O–H groups in total. The Kier molecular flexibility index (Phi) is 5.49. The van der Waals surface area contributed by atoms with Crippen LogP contribution in [0.5, 0.6) is 0 Å². The molecular formula is C17H22F3N3O2. The smallest absolute Gasteiger partial charge is 0.338 e. The summed E-state index contributed by atoms with van der Waals surface area (Å²) in [5.74, 6) is -1.14. The van der Waals surface area contributed by atoms with Crippen LogP contribution >= 0.6 is 0 Å². The van der Waals surface area contributed by atoms with Crippen molar-refractivity contribution in [2.75, 3.05) is 6.54 Å². The van der Waals surface area contributed by atoms with E-state index >= 15 is 0 Å². The maximum Gasteiger partial charge on any atom is 0.451 e. The molecule has 0 saturated carbocycles. The molecule has 0 bridgehead atoms. The van der Waals surface area contributed by atoms with Gasteiger partial charge in [0, 0.05) is 49.5 Å². The van der Waals surface area contributed by atoms with Gasteiger partial charge in [0.15, 0.2) is 0 Å². The molecule has 2 heterocycles. The number of carbonyl (C=O) groups excluding carboxylic acids is 2. The van der Waals surface area contributed by atoms with E-state index in [2.05, 4.69) is 9.97 Å². The molecule has 5 nitrogen and oxygen atoms in total. The average Bonchev–Trinajstić information content (AvgIpc) is 2.51. The number of Topliss-reactive ketones (excluding diaryl/α,β-unsaturated/α-hetero) is 1. The molecular weight excluding hydrogens is 335 g/mol. The van der Waals surface area contributed by atoms with Crippen LogP contribution in [0.2, 0.25) is 0 Å². The molecule has 1 amide bonds. The Hall–Kier alpha value is -1.99. The molecule has 0 aliphatic carbocycles. The Morgan fingerprint density at radius 1 is 1.20 bits per heavy atom. The minimum absolute atomic E-state index is 0.104. The fourth-order valence-corrected chi connectivity index (χ4v) is 2.60. The highest BCUT2D eigenvalue weighted by molar-refractivity contribution is 5.84. The molecule has 1 aromatic heterocycles. The van der Waals surface area contributed by atoms with Gasteiger partial charge in [-0.1, -0.05) is 20.8 Å². The van der Waals surface area contributed by atoms with Gasteiger partial charge in [0.25, 0.3) is 0 Å². The Morgan fingerprint density at radius 2 is 1.88 bits per heavy atom. The third kappa shape index (κ3) is 4.99. The first-order chi connectivity index (χ1) is 11.5. The number of rotatable bonds is 4. The summed E-state index contributed by atoms with van der Waals surface area (Å²) in [5.41, 5.74) is 0.466. The van der Waals surface area contributed by atoms with Gasteiger partial charge in [-0.3, -0.25) is 9.59 Å². The van der Waals surface area contributed by atoms with Crippen LogP contribution in [-0.2, 0) is 28.7 Å². The summed E-state index contributed by atoms with van der Waals surface area (Å²) in [6.45, 7) is 6.06. The predicted octanol–water partition coefficient (Wildman–Crippen LogP) is 3.17. The summed E-state index contributed by atoms with van der Waals surface area (Å²) in [5, 5.41) is 0. The lowest BCUT2D eigenvalue weighted by Gasteiger charge is -2.28. The molecule has 138 valence electrons. The first-order valence-electron chi connectivity index (χ1n) is 8.21. The quantitative estimate of drug-likeness (QED) is 0.830. The van der Waals surface area contributed by atoms with Crippen molar-refractivity contribution < 1.29 is 22.8 Å². The number of halogens is 3. The molecule has 0 spiro atoms. The van der Waals surface area contributed by atoms with Gasteiger partial charge < -0.3 is 4.90 Å². The van der Waals surface area contributed by atoms with Crippen LogP contribution in [0.4, 0.5) is 13.2 Å². The van der Waals surface area contributed by atoms with E-state index < -0.39 is 17.4 Å². The SMILES string of the molecule is CC(C)(C)C(=O)CCCC(=O)N1CCc2nc(C(F)(F)F)ncc2C1. The van der Waals surface area contributed by atoms with Crippen molar-refractivity contribution >= 4 is 11.7 Å². The number of alkyl halides is 3. The third-order valence-corrected chi connectivity index (χ3v) is 4.17. The van der Waals surface area contributed by atoms with Gasteiger partial charge in [-0.2, -0.15) is 13.2 Å². The highest BCUT2D eigenvalue weighted by atomic mass is 19.4. The first-order valence-corrected chi connectivity index (χ1v) is 8.21. The Labute approximate surface area is 144 Å². The standard InChI is InChI=1S/C17H22F3N3O2/c1-16(2,3)13(24)5-4-6-14(25)23-8-7-12-11(10-23)9-21-15(22-12)17(18,19)20/h9H,4-8,10H2,1-3H3. The molecule has 1 aliphatic heterocycles. The molecule has 0 saturated heterocycles. The zero-order valence-corrected chi connectivity index (χ0v) is 14.6. The molecule has 8 heteroatoms. The zero-order valence-electron chi connectivity index (χ0n) is 14.6. The highest BCUT2D eigenvalue weighted by Gasteiger charge is 2.36. The van der Waals surface area contributed by atoms with Crippen LogP contribution in [0, 0.1) is 5.41 Å². The number of carbonyl (C=O) groups is 2. The van der Waals surface area contributed by atoms with E-state index in [0.29, 0.717) is 30.6 Å². The lowest BCUT2D eigenvalue weighted by molar-refractivity contribution is -0.145. The molecule has 0 atom stereocenters. The summed E-state index contributed by atoms with van der Waals surface area (Å²) in [7, 11) is 0. The van der Waals surface area contributed by atoms with E-state index in [4.69, 9.17) is 0 Å². The van der Waals surface area contributed by atoms with E-state index in [-0.39, 0.29) is 31.1 Å². The van der Waals surface area contributed by atoms with Crippen molar-refractivity contribution in [2.24, 2.45) is 5.41 Å². The van der Waals surface area contributed by atoms with Crippen molar-refractivity contribution in [3.63, 3.8) is 0 Å². The Bertz CT molecular complexity index is 666. The number of ketones is 1. The van der Waals surface area contributed by atoms with Crippen molar-refractivity contribution in [3.05, 3.63) is 23.3 Å². The number of hydrogen-bond acceptors (Lipinski definition) is 4. The van der Waals surface area contributed by atoms with E-state index in [0.717, 1.165) is 6.20 Å². The summed E-state index contributed by atoms with van der Waals surface area (Å²) < 4.78 is 37.9. The number of fused-ring (bicyclic) bond motifs is 1. The number of amides is 1. The van der Waals surface area contributed by atoms with Gasteiger partial charge in [-0.15, -0.1) is 0 Å². The zero-order chi connectivity index (χ0) is 18.8. The fourth-order valence-electron chi connectivity index (χ4n) is 2.60. The molecule has 0 unspecified atom stereocenters. The summed E-state index contributed by atoms with van der Waals surface area (Å²) >= 11 is 0. The molecule has 0 fully saturated rings. The monoisotopic (exact) mass is 357 g/mol. The van der Waals surface area contributed by atoms with Crippen molar-refractivity contribution in [3.8, 4) is 0 Å². The first kappa shape index (κ1) is 19.3. The number of aromatic nitrogens is 2. The summed E-state index contributed by atoms with van der Waals surface area (Å²) in [6, 6.07) is 0. The maximum atomic E-state index is 12.6. The lowest BCUT2D eigenvalue weighted by atomic mass is 9.88.